The quantitative estimate of drug-likeness (QED) is 0.467. The van der Waals surface area contributed by atoms with E-state index in [2.05, 4.69) is 47.4 Å². The Morgan fingerprint density at radius 1 is 0.462 bits per heavy atom. The summed E-state index contributed by atoms with van der Waals surface area (Å²) < 4.78 is 0. The van der Waals surface area contributed by atoms with Crippen molar-refractivity contribution in [2.45, 2.75) is 0 Å². The highest BCUT2D eigenvalue weighted by Gasteiger charge is 2.16. The van der Waals surface area contributed by atoms with Crippen molar-refractivity contribution in [1.29, 1.82) is 0 Å². The molecule has 26 heavy (non-hydrogen) atoms. The topological polar surface area (TPSA) is 34.1 Å². The Bertz CT molecular complexity index is 1160. The van der Waals surface area contributed by atoms with E-state index in [9.17, 15) is 9.59 Å². The maximum Gasteiger partial charge on any atom is 0.244 e. The zero-order valence-electron chi connectivity index (χ0n) is 13.6. The van der Waals surface area contributed by atoms with Gasteiger partial charge in [0.1, 0.15) is 0 Å². The molecule has 0 radical (unpaired) electrons. The van der Waals surface area contributed by atoms with Crippen molar-refractivity contribution in [2.75, 3.05) is 0 Å². The summed E-state index contributed by atoms with van der Waals surface area (Å²) in [5.74, 6) is 21.4. The predicted octanol–water partition coefficient (Wildman–Crippen LogP) is 2.09. The minimum Gasteiger partial charge on any atom is -0.284 e. The van der Waals surface area contributed by atoms with Crippen molar-refractivity contribution < 1.29 is 0 Å². The van der Waals surface area contributed by atoms with E-state index in [4.69, 9.17) is 0 Å². The molecular weight excluding hydrogens is 320 g/mol. The minimum atomic E-state index is -0.626. The number of hydrogen-bond acceptors (Lipinski definition) is 2. The van der Waals surface area contributed by atoms with Gasteiger partial charge in [-0.25, -0.2) is 0 Å². The summed E-state index contributed by atoms with van der Waals surface area (Å²) in [6, 6.07) is 18.7. The molecule has 3 aromatic carbocycles. The van der Waals surface area contributed by atoms with Crippen molar-refractivity contribution in [3.8, 4) is 47.4 Å². The van der Waals surface area contributed by atoms with Crippen molar-refractivity contribution in [3.63, 3.8) is 0 Å². The van der Waals surface area contributed by atoms with Crippen LogP contribution in [-0.4, -0.2) is 0 Å². The molecule has 2 heteroatoms. The minimum absolute atomic E-state index is 0.103. The van der Waals surface area contributed by atoms with E-state index in [0.29, 0.717) is 0 Å². The molecule has 3 rings (SSSR count). The molecule has 0 saturated carbocycles. The van der Waals surface area contributed by atoms with E-state index in [0.717, 1.165) is 11.1 Å². The molecule has 0 aliphatic rings. The highest BCUT2D eigenvalue weighted by molar-refractivity contribution is 5.57. The summed E-state index contributed by atoms with van der Waals surface area (Å²) in [7, 11) is 0. The molecule has 0 aromatic heterocycles. The van der Waals surface area contributed by atoms with Gasteiger partial charge in [0.25, 0.3) is 0 Å². The van der Waals surface area contributed by atoms with Crippen LogP contribution in [0, 0.1) is 47.4 Å². The molecule has 3 aromatic rings. The van der Waals surface area contributed by atoms with Gasteiger partial charge >= 0.3 is 0 Å². The lowest BCUT2D eigenvalue weighted by molar-refractivity contribution is 1.33. The predicted molar refractivity (Wildman–Crippen MR) is 102 cm³/mol. The molecule has 2 nitrogen and oxygen atoms in total. The third kappa shape index (κ3) is 3.99. The van der Waals surface area contributed by atoms with Gasteiger partial charge in [-0.2, -0.15) is 0 Å². The molecule has 0 heterocycles. The van der Waals surface area contributed by atoms with Crippen molar-refractivity contribution in [2.24, 2.45) is 0 Å². The fraction of sp³-hybridized carbons (Fsp3) is 0. The van der Waals surface area contributed by atoms with E-state index in [1.54, 1.807) is 0 Å². The van der Waals surface area contributed by atoms with Crippen molar-refractivity contribution in [1.82, 2.24) is 0 Å². The molecule has 0 amide bonds. The molecule has 0 spiro atoms. The van der Waals surface area contributed by atoms with Gasteiger partial charge in [0.2, 0.25) is 10.9 Å². The monoisotopic (exact) mass is 330 g/mol. The maximum absolute atomic E-state index is 11.6. The van der Waals surface area contributed by atoms with Crippen LogP contribution in [0.15, 0.2) is 70.3 Å². The standard InChI is InChI=1S/C24H10O2/c25-23-21(17-9-7-15-19-11-3-1-4-12-19)22(24(23)26)18-10-8-16-20-13-5-2-6-14-20/h1-6,11-14H. The number of benzene rings is 2. The van der Waals surface area contributed by atoms with Gasteiger partial charge in [-0.15, -0.1) is 0 Å². The molecule has 118 valence electrons. The van der Waals surface area contributed by atoms with Crippen LogP contribution in [0.5, 0.6) is 0 Å². The van der Waals surface area contributed by atoms with Gasteiger partial charge in [-0.3, -0.25) is 9.59 Å². The fourth-order valence-electron chi connectivity index (χ4n) is 2.07. The zero-order valence-corrected chi connectivity index (χ0v) is 13.6. The van der Waals surface area contributed by atoms with Crippen molar-refractivity contribution in [3.05, 3.63) is 103 Å². The van der Waals surface area contributed by atoms with E-state index in [1.165, 1.54) is 0 Å². The second-order valence-corrected chi connectivity index (χ2v) is 5.14. The maximum atomic E-state index is 11.6. The Labute approximate surface area is 151 Å². The first-order valence-electron chi connectivity index (χ1n) is 7.73. The van der Waals surface area contributed by atoms with Gasteiger partial charge in [0.05, 0.1) is 11.1 Å². The second kappa shape index (κ2) is 8.04. The first kappa shape index (κ1) is 16.6. The number of hydrogen-bond donors (Lipinski definition) is 0. The van der Waals surface area contributed by atoms with Crippen LogP contribution in [0.4, 0.5) is 0 Å². The summed E-state index contributed by atoms with van der Waals surface area (Å²) in [5, 5.41) is 0. The van der Waals surface area contributed by atoms with Crippen LogP contribution in [-0.2, 0) is 0 Å². The highest BCUT2D eigenvalue weighted by Crippen LogP contribution is 1.97. The summed E-state index contributed by atoms with van der Waals surface area (Å²) >= 11 is 0. The SMILES string of the molecule is O=c1c(C#CC#Cc2ccccc2)c(C#CC#Cc2ccccc2)c1=O. The van der Waals surface area contributed by atoms with Crippen molar-refractivity contribution >= 4 is 0 Å². The largest absolute Gasteiger partial charge is 0.284 e. The third-order valence-electron chi connectivity index (χ3n) is 3.37. The summed E-state index contributed by atoms with van der Waals surface area (Å²) in [5.41, 5.74) is 0.599. The molecular formula is C24H10O2. The van der Waals surface area contributed by atoms with Gasteiger partial charge in [-0.05, 0) is 59.8 Å². The van der Waals surface area contributed by atoms with E-state index in [1.807, 2.05) is 60.7 Å². The normalized spacial score (nSPS) is 8.62. The van der Waals surface area contributed by atoms with Crippen LogP contribution in [0.2, 0.25) is 0 Å². The lowest BCUT2D eigenvalue weighted by Gasteiger charge is -1.95. The lowest BCUT2D eigenvalue weighted by Crippen LogP contribution is -2.37. The Morgan fingerprint density at radius 2 is 0.808 bits per heavy atom. The van der Waals surface area contributed by atoms with Gasteiger partial charge in [-0.1, -0.05) is 48.2 Å². The first-order valence-corrected chi connectivity index (χ1v) is 7.73. The van der Waals surface area contributed by atoms with Crippen LogP contribution in [0.25, 0.3) is 0 Å². The average Bonchev–Trinajstić information content (AvgIpc) is 2.70. The molecule has 0 unspecified atom stereocenters. The summed E-state index contributed by atoms with van der Waals surface area (Å²) in [6.45, 7) is 0. The number of rotatable bonds is 0. The fourth-order valence-corrected chi connectivity index (χ4v) is 2.07. The Morgan fingerprint density at radius 3 is 1.19 bits per heavy atom. The van der Waals surface area contributed by atoms with Crippen LogP contribution < -0.4 is 10.9 Å². The Hall–Kier alpha value is -4.24. The second-order valence-electron chi connectivity index (χ2n) is 5.14. The summed E-state index contributed by atoms with van der Waals surface area (Å²) in [6.07, 6.45) is 0. The molecule has 0 fully saturated rings. The van der Waals surface area contributed by atoms with Crippen LogP contribution in [0.3, 0.4) is 0 Å². The highest BCUT2D eigenvalue weighted by atomic mass is 16.2. The lowest BCUT2D eigenvalue weighted by atomic mass is 10.0. The molecule has 0 aliphatic carbocycles. The van der Waals surface area contributed by atoms with E-state index >= 15 is 0 Å². The van der Waals surface area contributed by atoms with E-state index < -0.39 is 10.9 Å². The van der Waals surface area contributed by atoms with Crippen LogP contribution in [0.1, 0.15) is 22.3 Å². The smallest absolute Gasteiger partial charge is 0.244 e. The third-order valence-corrected chi connectivity index (χ3v) is 3.37. The molecule has 0 N–H and O–H groups in total. The molecule has 0 saturated heterocycles. The van der Waals surface area contributed by atoms with E-state index in [-0.39, 0.29) is 11.1 Å². The Balaban J connectivity index is 1.78. The molecule has 0 aliphatic heterocycles. The van der Waals surface area contributed by atoms with Gasteiger partial charge in [0.15, 0.2) is 0 Å². The average molecular weight is 330 g/mol. The molecule has 0 atom stereocenters. The molecule has 0 bridgehead atoms. The van der Waals surface area contributed by atoms with Gasteiger partial charge in [0, 0.05) is 11.1 Å². The van der Waals surface area contributed by atoms with Crippen LogP contribution >= 0.6 is 0 Å². The first-order chi connectivity index (χ1) is 12.8. The summed E-state index contributed by atoms with van der Waals surface area (Å²) in [4.78, 5) is 23.3. The van der Waals surface area contributed by atoms with Gasteiger partial charge < -0.3 is 0 Å². The zero-order chi connectivity index (χ0) is 18.2. The Kier molecular flexibility index (Phi) is 5.13.